The van der Waals surface area contributed by atoms with Gasteiger partial charge >= 0.3 is 0 Å². The smallest absolute Gasteiger partial charge is 0.205 e. The molecule has 0 unspecified atom stereocenters. The first kappa shape index (κ1) is 8.94. The van der Waals surface area contributed by atoms with Gasteiger partial charge in [-0.2, -0.15) is 4.98 Å². The maximum absolute atomic E-state index is 5.78. The van der Waals surface area contributed by atoms with E-state index in [4.69, 9.17) is 17.3 Å². The predicted molar refractivity (Wildman–Crippen MR) is 59.1 cm³/mol. The number of halogens is 1. The van der Waals surface area contributed by atoms with Crippen molar-refractivity contribution in [2.75, 3.05) is 18.0 Å². The van der Waals surface area contributed by atoms with Gasteiger partial charge in [0.2, 0.25) is 5.95 Å². The van der Waals surface area contributed by atoms with Gasteiger partial charge in [-0.05, 0) is 12.1 Å². The molecule has 0 aliphatic carbocycles. The van der Waals surface area contributed by atoms with Crippen molar-refractivity contribution in [1.82, 2.24) is 15.0 Å². The van der Waals surface area contributed by atoms with E-state index in [2.05, 4.69) is 19.9 Å². The van der Waals surface area contributed by atoms with Crippen LogP contribution in [0.25, 0.3) is 11.2 Å². The van der Waals surface area contributed by atoms with E-state index in [-0.39, 0.29) is 6.04 Å². The third kappa shape index (κ3) is 1.44. The standard InChI is InChI=1S/C9H10ClN5/c10-7-2-1-6-8(13-7)14-9(12-6)15-3-5(11)4-15/h1-2,5H,3-4,11H2,(H,12,13,14). The first-order valence-corrected chi connectivity index (χ1v) is 5.13. The molecule has 2 aromatic rings. The summed E-state index contributed by atoms with van der Waals surface area (Å²) >= 11 is 5.78. The third-order valence-electron chi connectivity index (χ3n) is 2.51. The molecule has 0 atom stereocenters. The van der Waals surface area contributed by atoms with Crippen LogP contribution in [0.15, 0.2) is 12.1 Å². The van der Waals surface area contributed by atoms with Gasteiger partial charge in [0.1, 0.15) is 5.15 Å². The van der Waals surface area contributed by atoms with Gasteiger partial charge in [0.05, 0.1) is 5.52 Å². The van der Waals surface area contributed by atoms with Crippen molar-refractivity contribution in [3.05, 3.63) is 17.3 Å². The van der Waals surface area contributed by atoms with Gasteiger partial charge in [0.25, 0.3) is 0 Å². The van der Waals surface area contributed by atoms with Crippen molar-refractivity contribution in [2.45, 2.75) is 6.04 Å². The average Bonchev–Trinajstić information content (AvgIpc) is 2.55. The molecule has 2 aromatic heterocycles. The highest BCUT2D eigenvalue weighted by Crippen LogP contribution is 2.20. The van der Waals surface area contributed by atoms with Crippen molar-refractivity contribution in [1.29, 1.82) is 0 Å². The summed E-state index contributed by atoms with van der Waals surface area (Å²) in [7, 11) is 0. The zero-order chi connectivity index (χ0) is 10.4. The van der Waals surface area contributed by atoms with Crippen molar-refractivity contribution in [2.24, 2.45) is 5.73 Å². The SMILES string of the molecule is NC1CN(c2nc3nc(Cl)ccc3[nH]2)C1. The Morgan fingerprint density at radius 2 is 2.20 bits per heavy atom. The van der Waals surface area contributed by atoms with Crippen LogP contribution in [0, 0.1) is 0 Å². The Morgan fingerprint density at radius 1 is 1.40 bits per heavy atom. The summed E-state index contributed by atoms with van der Waals surface area (Å²) in [6.07, 6.45) is 0. The molecule has 0 radical (unpaired) electrons. The lowest BCUT2D eigenvalue weighted by Gasteiger charge is -2.36. The first-order chi connectivity index (χ1) is 7.22. The summed E-state index contributed by atoms with van der Waals surface area (Å²) in [5.74, 6) is 0.821. The second kappa shape index (κ2) is 3.08. The summed E-state index contributed by atoms with van der Waals surface area (Å²) in [4.78, 5) is 13.7. The highest BCUT2D eigenvalue weighted by atomic mass is 35.5. The maximum Gasteiger partial charge on any atom is 0.205 e. The monoisotopic (exact) mass is 223 g/mol. The number of anilines is 1. The van der Waals surface area contributed by atoms with Crippen molar-refractivity contribution in [3.63, 3.8) is 0 Å². The minimum atomic E-state index is 0.259. The number of aromatic amines is 1. The van der Waals surface area contributed by atoms with E-state index in [1.54, 1.807) is 6.07 Å². The second-order valence-electron chi connectivity index (χ2n) is 3.73. The number of fused-ring (bicyclic) bond motifs is 1. The Balaban J connectivity index is 1.99. The normalized spacial score (nSPS) is 17.1. The van der Waals surface area contributed by atoms with Crippen LogP contribution < -0.4 is 10.6 Å². The number of nitrogens with two attached hydrogens (primary N) is 1. The van der Waals surface area contributed by atoms with E-state index in [1.165, 1.54) is 0 Å². The van der Waals surface area contributed by atoms with E-state index >= 15 is 0 Å². The topological polar surface area (TPSA) is 70.8 Å². The molecule has 0 saturated carbocycles. The number of hydrogen-bond acceptors (Lipinski definition) is 4. The quantitative estimate of drug-likeness (QED) is 0.701. The molecule has 0 amide bonds. The lowest BCUT2D eigenvalue weighted by molar-refractivity contribution is 0.511. The predicted octanol–water partition coefficient (Wildman–Crippen LogP) is 0.759. The van der Waals surface area contributed by atoms with Gasteiger partial charge in [-0.15, -0.1) is 0 Å². The van der Waals surface area contributed by atoms with Crippen LogP contribution >= 0.6 is 11.6 Å². The fourth-order valence-corrected chi connectivity index (χ4v) is 1.84. The summed E-state index contributed by atoms with van der Waals surface area (Å²) < 4.78 is 0. The Bertz CT molecular complexity index is 502. The van der Waals surface area contributed by atoms with E-state index in [9.17, 15) is 0 Å². The number of nitrogens with zero attached hydrogens (tertiary/aromatic N) is 3. The van der Waals surface area contributed by atoms with Crippen molar-refractivity contribution >= 4 is 28.7 Å². The molecular weight excluding hydrogens is 214 g/mol. The molecular formula is C9H10ClN5. The Morgan fingerprint density at radius 3 is 2.93 bits per heavy atom. The van der Waals surface area contributed by atoms with Gasteiger partial charge in [-0.3, -0.25) is 0 Å². The van der Waals surface area contributed by atoms with Crippen LogP contribution in [0.1, 0.15) is 0 Å². The zero-order valence-electron chi connectivity index (χ0n) is 7.94. The largest absolute Gasteiger partial charge is 0.339 e. The molecule has 1 saturated heterocycles. The molecule has 1 fully saturated rings. The maximum atomic E-state index is 5.78. The number of imidazole rings is 1. The van der Waals surface area contributed by atoms with Crippen molar-refractivity contribution in [3.8, 4) is 0 Å². The van der Waals surface area contributed by atoms with Gasteiger partial charge in [0.15, 0.2) is 5.65 Å². The second-order valence-corrected chi connectivity index (χ2v) is 4.12. The average molecular weight is 224 g/mol. The number of hydrogen-bond donors (Lipinski definition) is 2. The van der Waals surface area contributed by atoms with E-state index in [0.717, 1.165) is 24.6 Å². The molecule has 0 aromatic carbocycles. The molecule has 3 N–H and O–H groups in total. The van der Waals surface area contributed by atoms with Gasteiger partial charge in [-0.1, -0.05) is 11.6 Å². The number of pyridine rings is 1. The number of nitrogens with one attached hydrogen (secondary N) is 1. The van der Waals surface area contributed by atoms with Crippen LogP contribution in [0.5, 0.6) is 0 Å². The molecule has 15 heavy (non-hydrogen) atoms. The van der Waals surface area contributed by atoms with Crippen LogP contribution in [-0.4, -0.2) is 34.1 Å². The van der Waals surface area contributed by atoms with Crippen LogP contribution in [0.4, 0.5) is 5.95 Å². The highest BCUT2D eigenvalue weighted by Gasteiger charge is 2.25. The minimum Gasteiger partial charge on any atom is -0.339 e. The lowest BCUT2D eigenvalue weighted by atomic mass is 10.1. The van der Waals surface area contributed by atoms with Crippen LogP contribution in [-0.2, 0) is 0 Å². The van der Waals surface area contributed by atoms with Crippen LogP contribution in [0.3, 0.4) is 0 Å². The van der Waals surface area contributed by atoms with Crippen LogP contribution in [0.2, 0.25) is 5.15 Å². The molecule has 3 heterocycles. The fraction of sp³-hybridized carbons (Fsp3) is 0.333. The highest BCUT2D eigenvalue weighted by molar-refractivity contribution is 6.29. The lowest BCUT2D eigenvalue weighted by Crippen LogP contribution is -2.56. The van der Waals surface area contributed by atoms with E-state index < -0.39 is 0 Å². The number of H-pyrrole nitrogens is 1. The minimum absolute atomic E-state index is 0.259. The summed E-state index contributed by atoms with van der Waals surface area (Å²) in [5, 5.41) is 0.459. The molecule has 0 bridgehead atoms. The molecule has 1 aliphatic heterocycles. The molecule has 1 aliphatic rings. The van der Waals surface area contributed by atoms with Crippen molar-refractivity contribution < 1.29 is 0 Å². The molecule has 6 heteroatoms. The summed E-state index contributed by atoms with van der Waals surface area (Å²) in [6, 6.07) is 3.88. The van der Waals surface area contributed by atoms with Gasteiger partial charge in [-0.25, -0.2) is 4.98 Å². The molecule has 78 valence electrons. The summed E-state index contributed by atoms with van der Waals surface area (Å²) in [6.45, 7) is 1.68. The Kier molecular flexibility index (Phi) is 1.83. The first-order valence-electron chi connectivity index (χ1n) is 4.75. The van der Waals surface area contributed by atoms with Gasteiger partial charge in [0, 0.05) is 19.1 Å². The fourth-order valence-electron chi connectivity index (χ4n) is 1.69. The number of rotatable bonds is 1. The van der Waals surface area contributed by atoms with E-state index in [1.807, 2.05) is 6.07 Å². The Labute approximate surface area is 91.3 Å². The molecule has 0 spiro atoms. The Hall–Kier alpha value is -1.33. The number of aromatic nitrogens is 3. The summed E-state index contributed by atoms with van der Waals surface area (Å²) in [5.41, 5.74) is 7.25. The molecule has 3 rings (SSSR count). The van der Waals surface area contributed by atoms with E-state index in [0.29, 0.717) is 10.8 Å². The third-order valence-corrected chi connectivity index (χ3v) is 2.72. The molecule has 5 nitrogen and oxygen atoms in total. The zero-order valence-corrected chi connectivity index (χ0v) is 8.70. The van der Waals surface area contributed by atoms with Gasteiger partial charge < -0.3 is 15.6 Å².